The zero-order valence-corrected chi connectivity index (χ0v) is 12.0. The summed E-state index contributed by atoms with van der Waals surface area (Å²) in [5, 5.41) is 2.93. The van der Waals surface area contributed by atoms with Crippen LogP contribution in [0.25, 0.3) is 5.57 Å². The summed E-state index contributed by atoms with van der Waals surface area (Å²) < 4.78 is 6.32. The SMILES string of the molecule is C/C(=C1/Cc2ccc(Br)cc2NC1=O)c1ccco1. The van der Waals surface area contributed by atoms with E-state index in [2.05, 4.69) is 21.2 Å². The summed E-state index contributed by atoms with van der Waals surface area (Å²) in [6.45, 7) is 1.91. The number of furan rings is 1. The minimum atomic E-state index is -0.0560. The lowest BCUT2D eigenvalue weighted by Gasteiger charge is -2.21. The van der Waals surface area contributed by atoms with Gasteiger partial charge in [0.1, 0.15) is 5.76 Å². The average molecular weight is 318 g/mol. The van der Waals surface area contributed by atoms with E-state index >= 15 is 0 Å². The lowest BCUT2D eigenvalue weighted by Crippen LogP contribution is -2.23. The molecule has 0 saturated carbocycles. The van der Waals surface area contributed by atoms with E-state index in [0.717, 1.165) is 32.6 Å². The normalized spacial score (nSPS) is 16.8. The zero-order valence-electron chi connectivity index (χ0n) is 10.4. The summed E-state index contributed by atoms with van der Waals surface area (Å²) in [5.74, 6) is 0.685. The molecular formula is C15H12BrNO2. The number of halogens is 1. The third-order valence-electron chi connectivity index (χ3n) is 3.30. The second-order valence-corrected chi connectivity index (χ2v) is 5.43. The van der Waals surface area contributed by atoms with Crippen LogP contribution < -0.4 is 5.32 Å². The maximum absolute atomic E-state index is 12.2. The predicted molar refractivity (Wildman–Crippen MR) is 77.8 cm³/mol. The van der Waals surface area contributed by atoms with E-state index in [1.807, 2.05) is 37.3 Å². The molecule has 96 valence electrons. The fourth-order valence-electron chi connectivity index (χ4n) is 2.23. The zero-order chi connectivity index (χ0) is 13.4. The summed E-state index contributed by atoms with van der Waals surface area (Å²) >= 11 is 3.41. The highest BCUT2D eigenvalue weighted by Gasteiger charge is 2.23. The van der Waals surface area contributed by atoms with Gasteiger partial charge in [0.2, 0.25) is 0 Å². The van der Waals surface area contributed by atoms with Crippen LogP contribution in [0, 0.1) is 0 Å². The minimum Gasteiger partial charge on any atom is -0.465 e. The second-order valence-electron chi connectivity index (χ2n) is 4.51. The molecule has 1 aliphatic rings. The molecule has 0 atom stereocenters. The number of hydrogen-bond donors (Lipinski definition) is 1. The first-order valence-electron chi connectivity index (χ1n) is 5.98. The first-order valence-corrected chi connectivity index (χ1v) is 6.78. The second kappa shape index (κ2) is 4.70. The van der Waals surface area contributed by atoms with E-state index < -0.39 is 0 Å². The molecule has 0 unspecified atom stereocenters. The molecule has 1 amide bonds. The molecule has 1 N–H and O–H groups in total. The molecular weight excluding hydrogens is 306 g/mol. The highest BCUT2D eigenvalue weighted by atomic mass is 79.9. The van der Waals surface area contributed by atoms with Gasteiger partial charge >= 0.3 is 0 Å². The molecule has 1 aromatic heterocycles. The third-order valence-corrected chi connectivity index (χ3v) is 3.80. The molecule has 4 heteroatoms. The van der Waals surface area contributed by atoms with Crippen LogP contribution in [-0.2, 0) is 11.2 Å². The molecule has 0 bridgehead atoms. The van der Waals surface area contributed by atoms with Gasteiger partial charge in [-0.3, -0.25) is 4.79 Å². The standard InChI is InChI=1S/C15H12BrNO2/c1-9(14-3-2-6-19-14)12-7-10-4-5-11(16)8-13(10)17-15(12)18/h2-6,8H,7H2,1H3,(H,17,18)/b12-9+. The maximum Gasteiger partial charge on any atom is 0.252 e. The molecule has 1 aromatic carbocycles. The van der Waals surface area contributed by atoms with E-state index in [-0.39, 0.29) is 5.91 Å². The lowest BCUT2D eigenvalue weighted by molar-refractivity contribution is -0.113. The number of fused-ring (bicyclic) bond motifs is 1. The van der Waals surface area contributed by atoms with Crippen molar-refractivity contribution in [2.24, 2.45) is 0 Å². The van der Waals surface area contributed by atoms with Gasteiger partial charge in [0, 0.05) is 27.7 Å². The molecule has 19 heavy (non-hydrogen) atoms. The van der Waals surface area contributed by atoms with Gasteiger partial charge in [0.25, 0.3) is 5.91 Å². The van der Waals surface area contributed by atoms with Gasteiger partial charge in [-0.05, 0) is 36.8 Å². The van der Waals surface area contributed by atoms with Crippen LogP contribution in [-0.4, -0.2) is 5.91 Å². The first kappa shape index (κ1) is 12.2. The van der Waals surface area contributed by atoms with Crippen molar-refractivity contribution in [3.05, 3.63) is 58.0 Å². The Morgan fingerprint density at radius 3 is 2.95 bits per heavy atom. The summed E-state index contributed by atoms with van der Waals surface area (Å²) in [4.78, 5) is 12.2. The number of amides is 1. The Kier molecular flexibility index (Phi) is 3.03. The van der Waals surface area contributed by atoms with Crippen LogP contribution in [0.2, 0.25) is 0 Å². The van der Waals surface area contributed by atoms with E-state index in [1.165, 1.54) is 0 Å². The van der Waals surface area contributed by atoms with Crippen LogP contribution in [0.15, 0.2) is 51.1 Å². The molecule has 0 fully saturated rings. The van der Waals surface area contributed by atoms with Gasteiger partial charge < -0.3 is 9.73 Å². The van der Waals surface area contributed by atoms with Crippen LogP contribution >= 0.6 is 15.9 Å². The Labute approximate surface area is 119 Å². The van der Waals surface area contributed by atoms with E-state index in [1.54, 1.807) is 6.26 Å². The summed E-state index contributed by atoms with van der Waals surface area (Å²) in [6, 6.07) is 9.62. The van der Waals surface area contributed by atoms with Crippen molar-refractivity contribution in [3.8, 4) is 0 Å². The van der Waals surface area contributed by atoms with Gasteiger partial charge in [-0.15, -0.1) is 0 Å². The van der Waals surface area contributed by atoms with Gasteiger partial charge in [0.15, 0.2) is 0 Å². The number of anilines is 1. The molecule has 2 aromatic rings. The Bertz CT molecular complexity index is 671. The fourth-order valence-corrected chi connectivity index (χ4v) is 2.59. The van der Waals surface area contributed by atoms with Crippen LogP contribution in [0.3, 0.4) is 0 Å². The molecule has 3 rings (SSSR count). The lowest BCUT2D eigenvalue weighted by atomic mass is 9.94. The summed E-state index contributed by atoms with van der Waals surface area (Å²) in [5.41, 5.74) is 3.62. The minimum absolute atomic E-state index is 0.0560. The molecule has 0 radical (unpaired) electrons. The Balaban J connectivity index is 2.05. The van der Waals surface area contributed by atoms with Crippen LogP contribution in [0.5, 0.6) is 0 Å². The number of carbonyl (C=O) groups excluding carboxylic acids is 1. The van der Waals surface area contributed by atoms with Crippen molar-refractivity contribution >= 4 is 33.1 Å². The van der Waals surface area contributed by atoms with Crippen molar-refractivity contribution < 1.29 is 9.21 Å². The number of rotatable bonds is 1. The number of benzene rings is 1. The topological polar surface area (TPSA) is 42.2 Å². The first-order chi connectivity index (χ1) is 9.15. The van der Waals surface area contributed by atoms with Gasteiger partial charge in [-0.25, -0.2) is 0 Å². The third kappa shape index (κ3) is 2.24. The van der Waals surface area contributed by atoms with Gasteiger partial charge in [-0.2, -0.15) is 0 Å². The number of carbonyl (C=O) groups is 1. The summed E-state index contributed by atoms with van der Waals surface area (Å²) in [7, 11) is 0. The summed E-state index contributed by atoms with van der Waals surface area (Å²) in [6.07, 6.45) is 2.24. The predicted octanol–water partition coefficient (Wildman–Crippen LogP) is 4.01. The van der Waals surface area contributed by atoms with E-state index in [4.69, 9.17) is 4.42 Å². The quantitative estimate of drug-likeness (QED) is 0.807. The highest BCUT2D eigenvalue weighted by molar-refractivity contribution is 9.10. The molecule has 0 saturated heterocycles. The van der Waals surface area contributed by atoms with Gasteiger partial charge in [0.05, 0.1) is 6.26 Å². The van der Waals surface area contributed by atoms with Crippen LogP contribution in [0.1, 0.15) is 18.2 Å². The average Bonchev–Trinajstić information content (AvgIpc) is 2.91. The van der Waals surface area contributed by atoms with Gasteiger partial charge in [-0.1, -0.05) is 22.0 Å². The van der Waals surface area contributed by atoms with Crippen LogP contribution in [0.4, 0.5) is 5.69 Å². The smallest absolute Gasteiger partial charge is 0.252 e. The fraction of sp³-hybridized carbons (Fsp3) is 0.133. The van der Waals surface area contributed by atoms with Crippen molar-refractivity contribution in [3.63, 3.8) is 0 Å². The highest BCUT2D eigenvalue weighted by Crippen LogP contribution is 2.31. The Morgan fingerprint density at radius 2 is 2.21 bits per heavy atom. The van der Waals surface area contributed by atoms with E-state index in [9.17, 15) is 4.79 Å². The number of allylic oxidation sites excluding steroid dienone is 1. The van der Waals surface area contributed by atoms with E-state index in [0.29, 0.717) is 6.42 Å². The number of hydrogen-bond acceptors (Lipinski definition) is 2. The van der Waals surface area contributed by atoms with Crippen molar-refractivity contribution in [1.29, 1.82) is 0 Å². The van der Waals surface area contributed by atoms with Crippen molar-refractivity contribution in [2.45, 2.75) is 13.3 Å². The molecule has 0 aliphatic carbocycles. The number of nitrogens with one attached hydrogen (secondary N) is 1. The molecule has 2 heterocycles. The Hall–Kier alpha value is -1.81. The maximum atomic E-state index is 12.2. The Morgan fingerprint density at radius 1 is 1.37 bits per heavy atom. The molecule has 1 aliphatic heterocycles. The monoisotopic (exact) mass is 317 g/mol. The largest absolute Gasteiger partial charge is 0.465 e. The van der Waals surface area contributed by atoms with Crippen molar-refractivity contribution in [2.75, 3.05) is 5.32 Å². The molecule has 3 nitrogen and oxygen atoms in total. The van der Waals surface area contributed by atoms with Crippen molar-refractivity contribution in [1.82, 2.24) is 0 Å². The molecule has 0 spiro atoms.